The number of hydrogen-bond acceptors (Lipinski definition) is 8. The Bertz CT molecular complexity index is 2260. The Balaban J connectivity index is 1.25. The summed E-state index contributed by atoms with van der Waals surface area (Å²) < 4.78 is 13.2. The first-order chi connectivity index (χ1) is 29.0. The SMILES string of the molecule is CC/C(=C\c1ccc(CO)o1)CC[C@@H](O)C1=C(CO[Si](c2ccccc2)(c2ccccc2)C(C)(C)C)C[C@H]2C(=O)N(c3ccc(Nc4ccccc4)cc3)C(=O)[C@H]2[C@H]1CO. The van der Waals surface area contributed by atoms with Crippen molar-refractivity contribution in [2.24, 2.45) is 17.8 Å². The Morgan fingerprint density at radius 1 is 0.850 bits per heavy atom. The van der Waals surface area contributed by atoms with Gasteiger partial charge in [0.2, 0.25) is 11.8 Å². The number of hydrogen-bond donors (Lipinski definition) is 4. The standard InChI is InChI=1S/C50H56N2O7Si/c1-5-34(29-39-26-27-40(31-53)59-39)21-28-45(55)46-35(33-58-60(50(2,3)4,41-17-11-7-12-18-41)42-19-13-8-14-20-42)30-43-47(44(46)32-54)49(57)52(48(43)56)38-24-22-37(23-25-38)51-36-15-9-6-10-16-36/h6-20,22-27,29,43-45,47,51,53-55H,5,21,28,30-33H2,1-4H3/b34-29+/t43-,44+,45-,47-/m1/s1. The van der Waals surface area contributed by atoms with E-state index in [2.05, 4.69) is 50.4 Å². The maximum absolute atomic E-state index is 14.5. The van der Waals surface area contributed by atoms with Gasteiger partial charge in [-0.1, -0.05) is 112 Å². The smallest absolute Gasteiger partial charge is 0.261 e. The van der Waals surface area contributed by atoms with E-state index in [0.717, 1.165) is 32.9 Å². The maximum atomic E-state index is 14.5. The van der Waals surface area contributed by atoms with E-state index in [9.17, 15) is 24.9 Å². The van der Waals surface area contributed by atoms with E-state index in [4.69, 9.17) is 8.84 Å². The van der Waals surface area contributed by atoms with Crippen LogP contribution >= 0.6 is 0 Å². The molecule has 1 saturated heterocycles. The van der Waals surface area contributed by atoms with Crippen LogP contribution in [-0.4, -0.2) is 54.8 Å². The zero-order chi connectivity index (χ0) is 42.4. The molecule has 0 bridgehead atoms. The van der Waals surface area contributed by atoms with E-state index >= 15 is 0 Å². The number of nitrogens with one attached hydrogen (secondary N) is 1. The summed E-state index contributed by atoms with van der Waals surface area (Å²) in [5.74, 6) is -2.00. The predicted octanol–water partition coefficient (Wildman–Crippen LogP) is 8.14. The number of aliphatic hydroxyl groups excluding tert-OH is 3. The van der Waals surface area contributed by atoms with Crippen LogP contribution < -0.4 is 20.6 Å². The van der Waals surface area contributed by atoms with E-state index < -0.39 is 38.8 Å². The van der Waals surface area contributed by atoms with Crippen LogP contribution in [0.25, 0.3) is 6.08 Å². The number of para-hydroxylation sites is 1. The van der Waals surface area contributed by atoms with Gasteiger partial charge in [0.15, 0.2) is 0 Å². The molecule has 5 aromatic rings. The molecule has 2 amide bonds. The van der Waals surface area contributed by atoms with Gasteiger partial charge in [0.1, 0.15) is 18.1 Å². The van der Waals surface area contributed by atoms with Crippen molar-refractivity contribution in [1.29, 1.82) is 0 Å². The van der Waals surface area contributed by atoms with E-state index in [0.29, 0.717) is 42.0 Å². The maximum Gasteiger partial charge on any atom is 0.261 e. The number of fused-ring (bicyclic) bond motifs is 1. The van der Waals surface area contributed by atoms with Gasteiger partial charge in [0.25, 0.3) is 8.32 Å². The van der Waals surface area contributed by atoms with Crippen LogP contribution in [-0.2, 0) is 20.6 Å². The average molecular weight is 825 g/mol. The summed E-state index contributed by atoms with van der Waals surface area (Å²) in [4.78, 5) is 30.3. The van der Waals surface area contributed by atoms with E-state index in [-0.39, 0.29) is 36.5 Å². The van der Waals surface area contributed by atoms with Gasteiger partial charge < -0.3 is 29.5 Å². The zero-order valence-electron chi connectivity index (χ0n) is 34.9. The molecule has 1 aliphatic carbocycles. The number of benzene rings is 4. The molecular formula is C50H56N2O7Si. The molecule has 0 unspecified atom stereocenters. The lowest BCUT2D eigenvalue weighted by Gasteiger charge is -2.44. The second-order valence-electron chi connectivity index (χ2n) is 16.9. The molecule has 312 valence electrons. The van der Waals surface area contributed by atoms with Crippen LogP contribution in [0, 0.1) is 17.8 Å². The first-order valence-electron chi connectivity index (χ1n) is 20.9. The molecule has 2 heterocycles. The van der Waals surface area contributed by atoms with Gasteiger partial charge in [0, 0.05) is 17.3 Å². The van der Waals surface area contributed by atoms with Crippen molar-refractivity contribution in [2.45, 2.75) is 71.1 Å². The monoisotopic (exact) mass is 824 g/mol. The van der Waals surface area contributed by atoms with Crippen molar-refractivity contribution in [3.8, 4) is 0 Å². The number of imide groups is 1. The minimum absolute atomic E-state index is 0.119. The van der Waals surface area contributed by atoms with E-state index in [1.165, 1.54) is 4.90 Å². The highest BCUT2D eigenvalue weighted by molar-refractivity contribution is 6.99. The van der Waals surface area contributed by atoms with Crippen molar-refractivity contribution in [3.63, 3.8) is 0 Å². The second-order valence-corrected chi connectivity index (χ2v) is 21.2. The number of aliphatic hydroxyl groups is 3. The molecule has 2 aliphatic rings. The van der Waals surface area contributed by atoms with Gasteiger partial charge in [-0.25, -0.2) is 0 Å². The molecule has 4 atom stereocenters. The van der Waals surface area contributed by atoms with E-state index in [1.54, 1.807) is 18.2 Å². The fourth-order valence-corrected chi connectivity index (χ4v) is 13.8. The molecule has 0 saturated carbocycles. The van der Waals surface area contributed by atoms with Gasteiger partial charge in [-0.3, -0.25) is 14.5 Å². The highest BCUT2D eigenvalue weighted by atomic mass is 28.4. The highest BCUT2D eigenvalue weighted by Gasteiger charge is 2.56. The van der Waals surface area contributed by atoms with Crippen LogP contribution in [0.1, 0.15) is 64.9 Å². The summed E-state index contributed by atoms with van der Waals surface area (Å²) in [6.07, 6.45) is 2.68. The molecule has 0 radical (unpaired) electrons. The zero-order valence-corrected chi connectivity index (χ0v) is 35.9. The van der Waals surface area contributed by atoms with Gasteiger partial charge >= 0.3 is 0 Å². The third kappa shape index (κ3) is 8.62. The summed E-state index contributed by atoms with van der Waals surface area (Å²) in [6.45, 7) is 8.16. The fraction of sp³-hybridized carbons (Fsp3) is 0.320. The largest absolute Gasteiger partial charge is 0.459 e. The van der Waals surface area contributed by atoms with Crippen LogP contribution in [0.2, 0.25) is 5.04 Å². The lowest BCUT2D eigenvalue weighted by atomic mass is 9.68. The second kappa shape index (κ2) is 18.5. The average Bonchev–Trinajstić information content (AvgIpc) is 3.83. The topological polar surface area (TPSA) is 132 Å². The third-order valence-electron chi connectivity index (χ3n) is 12.2. The van der Waals surface area contributed by atoms with Gasteiger partial charge in [-0.05, 0) is 107 Å². The normalized spacial score (nSPS) is 19.1. The Labute approximate surface area is 354 Å². The third-order valence-corrected chi connectivity index (χ3v) is 17.2. The number of carbonyl (C=O) groups excluding carboxylic acids is 2. The van der Waals surface area contributed by atoms with Crippen LogP contribution in [0.15, 0.2) is 149 Å². The van der Waals surface area contributed by atoms with Crippen molar-refractivity contribution < 1.29 is 33.8 Å². The molecule has 9 nitrogen and oxygen atoms in total. The molecule has 1 aliphatic heterocycles. The fourth-order valence-electron chi connectivity index (χ4n) is 9.27. The van der Waals surface area contributed by atoms with Gasteiger partial charge in [-0.2, -0.15) is 0 Å². The van der Waals surface area contributed by atoms with Gasteiger partial charge in [0.05, 0.1) is 36.8 Å². The van der Waals surface area contributed by atoms with Crippen LogP contribution in [0.4, 0.5) is 17.1 Å². The molecule has 1 aromatic heterocycles. The minimum atomic E-state index is -3.06. The van der Waals surface area contributed by atoms with E-state index in [1.807, 2.05) is 97.9 Å². The van der Waals surface area contributed by atoms with Crippen molar-refractivity contribution in [2.75, 3.05) is 23.4 Å². The van der Waals surface area contributed by atoms with Gasteiger partial charge in [-0.15, -0.1) is 0 Å². The van der Waals surface area contributed by atoms with Crippen molar-refractivity contribution in [1.82, 2.24) is 0 Å². The van der Waals surface area contributed by atoms with Crippen LogP contribution in [0.3, 0.4) is 0 Å². The summed E-state index contributed by atoms with van der Waals surface area (Å²) in [5.41, 5.74) is 4.56. The number of carbonyl (C=O) groups is 2. The number of amides is 2. The molecule has 60 heavy (non-hydrogen) atoms. The molecule has 4 N–H and O–H groups in total. The first kappa shape index (κ1) is 42.8. The lowest BCUT2D eigenvalue weighted by molar-refractivity contribution is -0.123. The Morgan fingerprint density at radius 2 is 1.45 bits per heavy atom. The number of anilines is 3. The lowest BCUT2D eigenvalue weighted by Crippen LogP contribution is -2.66. The molecule has 4 aromatic carbocycles. The molecule has 1 fully saturated rings. The molecule has 0 spiro atoms. The Morgan fingerprint density at radius 3 is 2.00 bits per heavy atom. The number of furan rings is 1. The van der Waals surface area contributed by atoms with Crippen molar-refractivity contribution >= 4 is 53.6 Å². The highest BCUT2D eigenvalue weighted by Crippen LogP contribution is 2.48. The molecule has 10 heteroatoms. The predicted molar refractivity (Wildman–Crippen MR) is 240 cm³/mol. The first-order valence-corrected chi connectivity index (χ1v) is 22.8. The molecular weight excluding hydrogens is 769 g/mol. The summed E-state index contributed by atoms with van der Waals surface area (Å²) >= 11 is 0. The summed E-state index contributed by atoms with van der Waals surface area (Å²) in [7, 11) is -3.06. The summed E-state index contributed by atoms with van der Waals surface area (Å²) in [6, 6.07) is 41.2. The number of allylic oxidation sites excluding steroid dienone is 1. The minimum Gasteiger partial charge on any atom is -0.459 e. The quantitative estimate of drug-likeness (QED) is 0.0446. The Hall–Kier alpha value is -5.36. The van der Waals surface area contributed by atoms with Crippen molar-refractivity contribution in [3.05, 3.63) is 156 Å². The Kier molecular flexibility index (Phi) is 13.2. The number of rotatable bonds is 16. The summed E-state index contributed by atoms with van der Waals surface area (Å²) in [5, 5.41) is 38.3. The van der Waals surface area contributed by atoms with Crippen LogP contribution in [0.5, 0.6) is 0 Å². The molecule has 7 rings (SSSR count). The number of nitrogens with zero attached hydrogens (tertiary/aromatic N) is 1.